The number of aliphatic hydroxyl groups is 1. The van der Waals surface area contributed by atoms with Crippen molar-refractivity contribution in [3.63, 3.8) is 0 Å². The van der Waals surface area contributed by atoms with Gasteiger partial charge in [-0.25, -0.2) is 0 Å². The summed E-state index contributed by atoms with van der Waals surface area (Å²) in [6, 6.07) is 8.14. The van der Waals surface area contributed by atoms with Gasteiger partial charge in [-0.05, 0) is 12.5 Å². The maximum atomic E-state index is 10.5. The summed E-state index contributed by atoms with van der Waals surface area (Å²) in [5.74, 6) is -1.49. The zero-order chi connectivity index (χ0) is 9.19. The normalized spacial score (nSPS) is 14.0. The Bertz CT molecular complexity index is 282. The molecule has 1 atom stereocenters. The molecule has 0 heterocycles. The molecule has 0 saturated carbocycles. The van der Waals surface area contributed by atoms with Gasteiger partial charge in [-0.1, -0.05) is 30.3 Å². The number of hydrogen-bond acceptors (Lipinski definition) is 3. The van der Waals surface area contributed by atoms with Crippen LogP contribution in [0, 0.1) is 0 Å². The summed E-state index contributed by atoms with van der Waals surface area (Å²) in [5, 5.41) is 19.9. The van der Waals surface area contributed by atoms with Crippen LogP contribution in [0.3, 0.4) is 0 Å². The first-order valence-corrected chi connectivity index (χ1v) is 3.54. The van der Waals surface area contributed by atoms with Gasteiger partial charge < -0.3 is 15.0 Å². The third-order valence-electron chi connectivity index (χ3n) is 1.73. The van der Waals surface area contributed by atoms with Gasteiger partial charge in [-0.15, -0.1) is 0 Å². The number of benzene rings is 1. The van der Waals surface area contributed by atoms with E-state index in [-0.39, 0.29) is 51.4 Å². The van der Waals surface area contributed by atoms with E-state index in [4.69, 9.17) is 0 Å². The molecule has 0 amide bonds. The molecule has 64 valence electrons. The van der Waals surface area contributed by atoms with Crippen molar-refractivity contribution in [3.8, 4) is 0 Å². The quantitative estimate of drug-likeness (QED) is 0.512. The molecule has 4 heteroatoms. The fraction of sp³-hybridized carbons (Fsp3) is 0.222. The topological polar surface area (TPSA) is 60.4 Å². The van der Waals surface area contributed by atoms with Crippen molar-refractivity contribution in [1.82, 2.24) is 0 Å². The van der Waals surface area contributed by atoms with Gasteiger partial charge in [-0.2, -0.15) is 0 Å². The molecule has 0 spiro atoms. The number of hydrogen-bond donors (Lipinski definition) is 1. The molecule has 1 unspecified atom stereocenters. The molecule has 3 nitrogen and oxygen atoms in total. The van der Waals surface area contributed by atoms with E-state index in [1.54, 1.807) is 18.2 Å². The monoisotopic (exact) mass is 204 g/mol. The smallest absolute Gasteiger partial charge is 0.547 e. The summed E-state index contributed by atoms with van der Waals surface area (Å²) >= 11 is 0. The fourth-order valence-corrected chi connectivity index (χ4v) is 0.881. The minimum absolute atomic E-state index is 0. The molecule has 0 radical (unpaired) electrons. The molecule has 1 N–H and O–H groups in total. The van der Waals surface area contributed by atoms with Crippen LogP contribution < -0.4 is 56.5 Å². The van der Waals surface area contributed by atoms with Crippen LogP contribution in [-0.2, 0) is 10.4 Å². The Labute approximate surface area is 119 Å². The Balaban J connectivity index is 0.00000144. The summed E-state index contributed by atoms with van der Waals surface area (Å²) in [5.41, 5.74) is -1.58. The Hall–Kier alpha value is 0.286. The second kappa shape index (κ2) is 5.24. The summed E-state index contributed by atoms with van der Waals surface area (Å²) in [6.45, 7) is 1.19. The van der Waals surface area contributed by atoms with Crippen molar-refractivity contribution in [3.05, 3.63) is 35.9 Å². The SMILES string of the molecule is CC(O)(C(=O)[O-])c1ccccc1.[K+]. The van der Waals surface area contributed by atoms with Crippen molar-refractivity contribution in [1.29, 1.82) is 0 Å². The van der Waals surface area contributed by atoms with E-state index in [1.807, 2.05) is 0 Å². The predicted molar refractivity (Wildman–Crippen MR) is 41.0 cm³/mol. The number of carboxylic acid groups (broad SMARTS) is 1. The van der Waals surface area contributed by atoms with Crippen LogP contribution in [0.25, 0.3) is 0 Å². The zero-order valence-corrected chi connectivity index (χ0v) is 10.8. The average Bonchev–Trinajstić information content (AvgIpc) is 2.06. The van der Waals surface area contributed by atoms with E-state index < -0.39 is 11.6 Å². The summed E-state index contributed by atoms with van der Waals surface area (Å²) in [4.78, 5) is 10.5. The molecule has 0 fully saturated rings. The van der Waals surface area contributed by atoms with E-state index in [2.05, 4.69) is 0 Å². The van der Waals surface area contributed by atoms with E-state index in [0.29, 0.717) is 5.56 Å². The van der Waals surface area contributed by atoms with Crippen LogP contribution in [0.5, 0.6) is 0 Å². The molecule has 1 aromatic rings. The molecule has 1 aromatic carbocycles. The molecule has 0 bridgehead atoms. The zero-order valence-electron chi connectivity index (χ0n) is 7.65. The van der Waals surface area contributed by atoms with Crippen LogP contribution in [-0.4, -0.2) is 11.1 Å². The van der Waals surface area contributed by atoms with E-state index in [0.717, 1.165) is 0 Å². The van der Waals surface area contributed by atoms with E-state index in [9.17, 15) is 15.0 Å². The van der Waals surface area contributed by atoms with Crippen LogP contribution in [0.15, 0.2) is 30.3 Å². The number of carbonyl (C=O) groups excluding carboxylic acids is 1. The molecular weight excluding hydrogens is 195 g/mol. The van der Waals surface area contributed by atoms with Crippen molar-refractivity contribution in [2.45, 2.75) is 12.5 Å². The Morgan fingerprint density at radius 1 is 1.38 bits per heavy atom. The minimum atomic E-state index is -1.90. The third kappa shape index (κ3) is 3.16. The van der Waals surface area contributed by atoms with Gasteiger partial charge >= 0.3 is 51.4 Å². The number of rotatable bonds is 2. The molecule has 0 saturated heterocycles. The maximum Gasteiger partial charge on any atom is 1.00 e. The predicted octanol–water partition coefficient (Wildman–Crippen LogP) is -3.35. The number of aliphatic carboxylic acids is 1. The van der Waals surface area contributed by atoms with Crippen molar-refractivity contribution < 1.29 is 66.4 Å². The Morgan fingerprint density at radius 2 is 1.85 bits per heavy atom. The molecule has 0 aromatic heterocycles. The summed E-state index contributed by atoms with van der Waals surface area (Å²) < 4.78 is 0. The first-order chi connectivity index (χ1) is 5.55. The van der Waals surface area contributed by atoms with Gasteiger partial charge in [0, 0.05) is 0 Å². The Kier molecular flexibility index (Phi) is 5.35. The second-order valence-corrected chi connectivity index (χ2v) is 2.73. The van der Waals surface area contributed by atoms with Gasteiger partial charge in [0.2, 0.25) is 0 Å². The first kappa shape index (κ1) is 13.3. The third-order valence-corrected chi connectivity index (χ3v) is 1.73. The van der Waals surface area contributed by atoms with Gasteiger partial charge in [-0.3, -0.25) is 0 Å². The van der Waals surface area contributed by atoms with Crippen molar-refractivity contribution >= 4 is 5.97 Å². The van der Waals surface area contributed by atoms with E-state index in [1.165, 1.54) is 19.1 Å². The maximum absolute atomic E-state index is 10.5. The van der Waals surface area contributed by atoms with Gasteiger partial charge in [0.25, 0.3) is 0 Å². The van der Waals surface area contributed by atoms with E-state index >= 15 is 0 Å². The molecule has 1 rings (SSSR count). The summed E-state index contributed by atoms with van der Waals surface area (Å²) in [7, 11) is 0. The van der Waals surface area contributed by atoms with Crippen LogP contribution >= 0.6 is 0 Å². The van der Waals surface area contributed by atoms with Crippen LogP contribution in [0.4, 0.5) is 0 Å². The average molecular weight is 204 g/mol. The van der Waals surface area contributed by atoms with Crippen molar-refractivity contribution in [2.24, 2.45) is 0 Å². The van der Waals surface area contributed by atoms with Crippen molar-refractivity contribution in [2.75, 3.05) is 0 Å². The minimum Gasteiger partial charge on any atom is -0.547 e. The molecule has 0 aliphatic rings. The van der Waals surface area contributed by atoms with Gasteiger partial charge in [0.15, 0.2) is 0 Å². The Morgan fingerprint density at radius 3 is 2.23 bits per heavy atom. The van der Waals surface area contributed by atoms with Crippen LogP contribution in [0.1, 0.15) is 12.5 Å². The van der Waals surface area contributed by atoms with Gasteiger partial charge in [0.1, 0.15) is 5.60 Å². The molecule has 0 aliphatic carbocycles. The largest absolute Gasteiger partial charge is 1.00 e. The fourth-order valence-electron chi connectivity index (χ4n) is 0.881. The molecule has 13 heavy (non-hydrogen) atoms. The number of carboxylic acids is 1. The van der Waals surface area contributed by atoms with Crippen LogP contribution in [0.2, 0.25) is 0 Å². The number of carbonyl (C=O) groups is 1. The first-order valence-electron chi connectivity index (χ1n) is 3.54. The standard InChI is InChI=1S/C9H10O3.K/c1-9(12,8(10)11)7-5-3-2-4-6-7;/h2-6,12H,1H3,(H,10,11);/q;+1/p-1. The molecular formula is C9H9KO3. The summed E-state index contributed by atoms with van der Waals surface area (Å²) in [6.07, 6.45) is 0. The second-order valence-electron chi connectivity index (χ2n) is 2.73. The molecule has 0 aliphatic heterocycles. The van der Waals surface area contributed by atoms with Gasteiger partial charge in [0.05, 0.1) is 5.97 Å².